The lowest BCUT2D eigenvalue weighted by Crippen LogP contribution is -2.30. The third kappa shape index (κ3) is 8.78. The summed E-state index contributed by atoms with van der Waals surface area (Å²) in [4.78, 5) is 26.8. The second-order valence-corrected chi connectivity index (χ2v) is 8.53. The molecule has 3 N–H and O–H groups in total. The second-order valence-electron chi connectivity index (χ2n) is 8.53. The highest BCUT2D eigenvalue weighted by Crippen LogP contribution is 2.33. The molecule has 4 aromatic rings. The summed E-state index contributed by atoms with van der Waals surface area (Å²) < 4.78 is 17.4. The van der Waals surface area contributed by atoms with Crippen molar-refractivity contribution in [2.24, 2.45) is 5.92 Å². The first-order valence-corrected chi connectivity index (χ1v) is 12.5. The number of aromatic amines is 1. The van der Waals surface area contributed by atoms with E-state index in [-0.39, 0.29) is 19.0 Å². The van der Waals surface area contributed by atoms with Gasteiger partial charge in [-0.25, -0.2) is 0 Å². The number of para-hydroxylation sites is 3. The van der Waals surface area contributed by atoms with E-state index in [4.69, 9.17) is 24.1 Å². The average molecular weight is 540 g/mol. The Morgan fingerprint density at radius 3 is 2.44 bits per heavy atom. The van der Waals surface area contributed by atoms with Crippen molar-refractivity contribution in [1.82, 2.24) is 10.3 Å². The number of aromatic nitrogens is 1. The van der Waals surface area contributed by atoms with Crippen molar-refractivity contribution in [3.05, 3.63) is 76.8 Å². The number of carboxylic acid groups (broad SMARTS) is 1. The molecule has 0 aliphatic heterocycles. The number of hydrogen-bond acceptors (Lipinski definition) is 8. The molecule has 0 saturated heterocycles. The zero-order valence-electron chi connectivity index (χ0n) is 21.7. The first kappa shape index (κ1) is 29.1. The molecule has 4 rings (SSSR count). The van der Waals surface area contributed by atoms with Crippen molar-refractivity contribution in [3.8, 4) is 17.2 Å². The predicted molar refractivity (Wildman–Crippen MR) is 147 cm³/mol. The van der Waals surface area contributed by atoms with Crippen LogP contribution >= 0.6 is 0 Å². The van der Waals surface area contributed by atoms with Crippen molar-refractivity contribution in [1.29, 1.82) is 0 Å². The predicted octanol–water partition coefficient (Wildman–Crippen LogP) is 4.68. The van der Waals surface area contributed by atoms with Crippen molar-refractivity contribution >= 4 is 28.3 Å². The molecule has 39 heavy (non-hydrogen) atoms. The molecular formula is C28H33N3O8. The van der Waals surface area contributed by atoms with Gasteiger partial charge in [0.05, 0.1) is 25.8 Å². The van der Waals surface area contributed by atoms with Crippen LogP contribution in [0, 0.1) is 16.0 Å². The molecule has 3 aromatic carbocycles. The molecule has 0 radical (unpaired) electrons. The van der Waals surface area contributed by atoms with Gasteiger partial charge in [-0.3, -0.25) is 4.79 Å². The van der Waals surface area contributed by atoms with E-state index in [1.165, 1.54) is 0 Å². The van der Waals surface area contributed by atoms with E-state index < -0.39 is 5.09 Å². The van der Waals surface area contributed by atoms with Crippen LogP contribution < -0.4 is 19.5 Å². The van der Waals surface area contributed by atoms with Crippen molar-refractivity contribution in [2.45, 2.75) is 12.8 Å². The summed E-state index contributed by atoms with van der Waals surface area (Å²) in [6, 6.07) is 21.7. The maximum absolute atomic E-state index is 10.5. The third-order valence-electron chi connectivity index (χ3n) is 5.96. The fourth-order valence-corrected chi connectivity index (χ4v) is 4.23. The van der Waals surface area contributed by atoms with Crippen LogP contribution in [0.3, 0.4) is 0 Å². The molecule has 1 aromatic heterocycles. The Kier molecular flexibility index (Phi) is 11.7. The Morgan fingerprint density at radius 1 is 0.974 bits per heavy atom. The number of ether oxygens (including phenoxy) is 3. The second kappa shape index (κ2) is 15.7. The normalized spacial score (nSPS) is 11.3. The van der Waals surface area contributed by atoms with E-state index in [2.05, 4.69) is 21.2 Å². The molecule has 0 aliphatic rings. The average Bonchev–Trinajstić information content (AvgIpc) is 3.33. The van der Waals surface area contributed by atoms with Gasteiger partial charge in [0.2, 0.25) is 0 Å². The molecule has 0 bridgehead atoms. The molecule has 0 aliphatic carbocycles. The number of benzene rings is 3. The SMILES string of the molecule is COc1ccccc1OCCNCC(CCCO[N+](=O)[O-])COc1cccc2[nH]c3ccccc3c12.O=CO. The summed E-state index contributed by atoms with van der Waals surface area (Å²) in [7, 11) is 1.62. The highest BCUT2D eigenvalue weighted by Gasteiger charge is 2.14. The zero-order chi connectivity index (χ0) is 27.9. The Balaban J connectivity index is 0.00000134. The molecule has 1 unspecified atom stereocenters. The quantitative estimate of drug-likeness (QED) is 0.0848. The van der Waals surface area contributed by atoms with E-state index in [9.17, 15) is 10.1 Å². The van der Waals surface area contributed by atoms with Crippen LogP contribution in [0.15, 0.2) is 66.7 Å². The molecule has 1 heterocycles. The Bertz CT molecular complexity index is 1330. The van der Waals surface area contributed by atoms with E-state index in [0.717, 1.165) is 34.0 Å². The van der Waals surface area contributed by atoms with Crippen LogP contribution in [-0.4, -0.2) is 61.7 Å². The number of hydrogen-bond donors (Lipinski definition) is 3. The number of methoxy groups -OCH3 is 1. The van der Waals surface area contributed by atoms with Gasteiger partial charge >= 0.3 is 0 Å². The summed E-state index contributed by atoms with van der Waals surface area (Å²) >= 11 is 0. The van der Waals surface area contributed by atoms with E-state index >= 15 is 0 Å². The number of H-pyrrole nitrogens is 1. The van der Waals surface area contributed by atoms with Gasteiger partial charge < -0.3 is 34.5 Å². The van der Waals surface area contributed by atoms with Gasteiger partial charge in [0.25, 0.3) is 11.6 Å². The number of nitrogens with one attached hydrogen (secondary N) is 2. The van der Waals surface area contributed by atoms with Gasteiger partial charge in [-0.1, -0.05) is 36.4 Å². The Hall–Kier alpha value is -4.51. The van der Waals surface area contributed by atoms with Gasteiger partial charge in [0.15, 0.2) is 11.5 Å². The number of fused-ring (bicyclic) bond motifs is 3. The molecular weight excluding hydrogens is 506 g/mol. The van der Waals surface area contributed by atoms with Gasteiger partial charge in [-0.05, 0) is 43.2 Å². The van der Waals surface area contributed by atoms with Crippen molar-refractivity contribution < 1.29 is 34.0 Å². The Morgan fingerprint density at radius 2 is 1.67 bits per heavy atom. The van der Waals surface area contributed by atoms with Crippen LogP contribution in [0.5, 0.6) is 17.2 Å². The molecule has 11 heteroatoms. The monoisotopic (exact) mass is 539 g/mol. The largest absolute Gasteiger partial charge is 0.493 e. The molecule has 0 fully saturated rings. The van der Waals surface area contributed by atoms with Crippen molar-refractivity contribution in [3.63, 3.8) is 0 Å². The van der Waals surface area contributed by atoms with Gasteiger partial charge in [0.1, 0.15) is 12.4 Å². The van der Waals surface area contributed by atoms with Gasteiger partial charge in [-0.2, -0.15) is 0 Å². The topological polar surface area (TPSA) is 145 Å². The first-order chi connectivity index (χ1) is 19.1. The lowest BCUT2D eigenvalue weighted by atomic mass is 10.0. The maximum atomic E-state index is 10.5. The third-order valence-corrected chi connectivity index (χ3v) is 5.96. The van der Waals surface area contributed by atoms with E-state index in [1.807, 2.05) is 60.7 Å². The standard InChI is InChI=1S/C27H31N3O6.CH2O2/c1-33-24-12-4-5-13-25(24)34-17-15-28-18-20(8-7-16-36-30(31)32)19-35-26-14-6-11-23-27(26)21-9-2-3-10-22(21)29-23;2-1-3/h2-6,9-14,20,28-29H,7-8,15-19H2,1H3;1H,(H,2,3). The van der Waals surface area contributed by atoms with Gasteiger partial charge in [-0.15, -0.1) is 10.1 Å². The molecule has 208 valence electrons. The zero-order valence-corrected chi connectivity index (χ0v) is 21.7. The minimum atomic E-state index is -0.753. The van der Waals surface area contributed by atoms with Crippen LogP contribution in [0.1, 0.15) is 12.8 Å². The summed E-state index contributed by atoms with van der Waals surface area (Å²) in [5.41, 5.74) is 2.09. The lowest BCUT2D eigenvalue weighted by Gasteiger charge is -2.19. The fourth-order valence-electron chi connectivity index (χ4n) is 4.23. The smallest absolute Gasteiger partial charge is 0.294 e. The van der Waals surface area contributed by atoms with Crippen LogP contribution in [0.2, 0.25) is 0 Å². The Labute approximate surface area is 225 Å². The number of nitrogens with zero attached hydrogens (tertiary/aromatic N) is 1. The van der Waals surface area contributed by atoms with Crippen LogP contribution in [-0.2, 0) is 9.63 Å². The molecule has 0 saturated carbocycles. The number of carbonyl (C=O) groups is 1. The minimum Gasteiger partial charge on any atom is -0.493 e. The van der Waals surface area contributed by atoms with Gasteiger partial charge in [0, 0.05) is 35.3 Å². The molecule has 0 spiro atoms. The highest BCUT2D eigenvalue weighted by molar-refractivity contribution is 6.10. The number of rotatable bonds is 15. The van der Waals surface area contributed by atoms with Crippen molar-refractivity contribution in [2.75, 3.05) is 40.0 Å². The van der Waals surface area contributed by atoms with E-state index in [0.29, 0.717) is 44.2 Å². The summed E-state index contributed by atoms with van der Waals surface area (Å²) in [6.45, 7) is 2.08. The van der Waals surface area contributed by atoms with E-state index in [1.54, 1.807) is 7.11 Å². The maximum Gasteiger partial charge on any atom is 0.294 e. The summed E-state index contributed by atoms with van der Waals surface area (Å²) in [5, 5.41) is 22.2. The summed E-state index contributed by atoms with van der Waals surface area (Å²) in [6.07, 6.45) is 1.28. The lowest BCUT2D eigenvalue weighted by molar-refractivity contribution is -0.757. The highest BCUT2D eigenvalue weighted by atomic mass is 16.9. The molecule has 11 nitrogen and oxygen atoms in total. The molecule has 1 atom stereocenters. The minimum absolute atomic E-state index is 0.0679. The molecule has 0 amide bonds. The first-order valence-electron chi connectivity index (χ1n) is 12.5. The summed E-state index contributed by atoms with van der Waals surface area (Å²) in [5.74, 6) is 2.34. The van der Waals surface area contributed by atoms with Crippen LogP contribution in [0.25, 0.3) is 21.8 Å². The van der Waals surface area contributed by atoms with Crippen LogP contribution in [0.4, 0.5) is 0 Å². The fraction of sp³-hybridized carbons (Fsp3) is 0.321.